The standard InChI is InChI=1S/C15H19N3O4S/c1-18-10-13(9-17-18)12-4-3-5-14(8-12)22-11-15(19)16-6-7-23(2,20)21/h3-5,8-10H,6-7,11H2,1-2H3,(H,16,19). The number of carbonyl (C=O) groups is 1. The van der Waals surface area contributed by atoms with Crippen molar-refractivity contribution in [2.24, 2.45) is 7.05 Å². The number of rotatable bonds is 7. The number of nitrogens with zero attached hydrogens (tertiary/aromatic N) is 2. The zero-order chi connectivity index (χ0) is 16.9. The van der Waals surface area contributed by atoms with E-state index >= 15 is 0 Å². The van der Waals surface area contributed by atoms with Crippen LogP contribution in [0.1, 0.15) is 0 Å². The van der Waals surface area contributed by atoms with Crippen molar-refractivity contribution in [1.82, 2.24) is 15.1 Å². The van der Waals surface area contributed by atoms with Crippen LogP contribution in [0.2, 0.25) is 0 Å². The third-order valence-electron chi connectivity index (χ3n) is 3.04. The molecule has 23 heavy (non-hydrogen) atoms. The van der Waals surface area contributed by atoms with Crippen LogP contribution in [0, 0.1) is 0 Å². The number of hydrogen-bond donors (Lipinski definition) is 1. The largest absolute Gasteiger partial charge is 0.484 e. The first-order valence-electron chi connectivity index (χ1n) is 7.00. The summed E-state index contributed by atoms with van der Waals surface area (Å²) in [7, 11) is -1.25. The van der Waals surface area contributed by atoms with Gasteiger partial charge in [0.1, 0.15) is 15.6 Å². The minimum atomic E-state index is -3.08. The minimum Gasteiger partial charge on any atom is -0.484 e. The van der Waals surface area contributed by atoms with Gasteiger partial charge >= 0.3 is 0 Å². The van der Waals surface area contributed by atoms with Gasteiger partial charge in [0.05, 0.1) is 11.9 Å². The van der Waals surface area contributed by atoms with Crippen LogP contribution in [0.25, 0.3) is 11.1 Å². The SMILES string of the molecule is Cn1cc(-c2cccc(OCC(=O)NCCS(C)(=O)=O)c2)cn1. The van der Waals surface area contributed by atoms with E-state index < -0.39 is 9.84 Å². The summed E-state index contributed by atoms with van der Waals surface area (Å²) in [6, 6.07) is 7.33. The first-order valence-corrected chi connectivity index (χ1v) is 9.06. The third-order valence-corrected chi connectivity index (χ3v) is 3.98. The molecule has 0 unspecified atom stereocenters. The lowest BCUT2D eigenvalue weighted by molar-refractivity contribution is -0.122. The Morgan fingerprint density at radius 3 is 2.78 bits per heavy atom. The number of aryl methyl sites for hydroxylation is 1. The van der Waals surface area contributed by atoms with Gasteiger partial charge < -0.3 is 10.1 Å². The van der Waals surface area contributed by atoms with E-state index in [-0.39, 0.29) is 24.8 Å². The lowest BCUT2D eigenvalue weighted by Gasteiger charge is -2.08. The lowest BCUT2D eigenvalue weighted by atomic mass is 10.1. The van der Waals surface area contributed by atoms with E-state index in [1.54, 1.807) is 16.9 Å². The summed E-state index contributed by atoms with van der Waals surface area (Å²) >= 11 is 0. The van der Waals surface area contributed by atoms with Gasteiger partial charge in [0.2, 0.25) is 0 Å². The van der Waals surface area contributed by atoms with Gasteiger partial charge in [-0.05, 0) is 17.7 Å². The monoisotopic (exact) mass is 337 g/mol. The van der Waals surface area contributed by atoms with E-state index in [1.807, 2.05) is 31.4 Å². The molecule has 0 aliphatic heterocycles. The molecular weight excluding hydrogens is 318 g/mol. The Labute approximate surface area is 135 Å². The molecule has 7 nitrogen and oxygen atoms in total. The van der Waals surface area contributed by atoms with Crippen LogP contribution >= 0.6 is 0 Å². The number of aromatic nitrogens is 2. The smallest absolute Gasteiger partial charge is 0.257 e. The zero-order valence-electron chi connectivity index (χ0n) is 13.0. The highest BCUT2D eigenvalue weighted by molar-refractivity contribution is 7.90. The number of amides is 1. The summed E-state index contributed by atoms with van der Waals surface area (Å²) < 4.78 is 29.1. The van der Waals surface area contributed by atoms with Crippen molar-refractivity contribution < 1.29 is 17.9 Å². The number of sulfone groups is 1. The van der Waals surface area contributed by atoms with Crippen LogP contribution < -0.4 is 10.1 Å². The molecule has 0 saturated carbocycles. The lowest BCUT2D eigenvalue weighted by Crippen LogP contribution is -2.32. The molecule has 1 heterocycles. The van der Waals surface area contributed by atoms with E-state index in [0.29, 0.717) is 5.75 Å². The van der Waals surface area contributed by atoms with E-state index in [0.717, 1.165) is 17.4 Å². The summed E-state index contributed by atoms with van der Waals surface area (Å²) in [5, 5.41) is 6.62. The van der Waals surface area contributed by atoms with Crippen LogP contribution in [-0.4, -0.2) is 49.3 Å². The molecule has 0 aliphatic rings. The molecule has 0 aliphatic carbocycles. The minimum absolute atomic E-state index is 0.0801. The topological polar surface area (TPSA) is 90.3 Å². The molecule has 0 atom stereocenters. The fourth-order valence-electron chi connectivity index (χ4n) is 1.91. The Balaban J connectivity index is 1.87. The summed E-state index contributed by atoms with van der Waals surface area (Å²) in [4.78, 5) is 11.6. The van der Waals surface area contributed by atoms with Crippen molar-refractivity contribution in [1.29, 1.82) is 0 Å². The normalized spacial score (nSPS) is 11.2. The maximum absolute atomic E-state index is 11.6. The fourth-order valence-corrected chi connectivity index (χ4v) is 2.38. The second kappa shape index (κ2) is 7.28. The van der Waals surface area contributed by atoms with Crippen LogP contribution in [0.4, 0.5) is 0 Å². The summed E-state index contributed by atoms with van der Waals surface area (Å²) in [5.41, 5.74) is 1.89. The van der Waals surface area contributed by atoms with Crippen molar-refractivity contribution in [3.8, 4) is 16.9 Å². The number of hydrogen-bond acceptors (Lipinski definition) is 5. The van der Waals surface area contributed by atoms with E-state index in [4.69, 9.17) is 4.74 Å². The van der Waals surface area contributed by atoms with Gasteiger partial charge in [-0.1, -0.05) is 12.1 Å². The van der Waals surface area contributed by atoms with Gasteiger partial charge in [0.15, 0.2) is 6.61 Å². The highest BCUT2D eigenvalue weighted by atomic mass is 32.2. The molecule has 1 amide bonds. The van der Waals surface area contributed by atoms with E-state index in [9.17, 15) is 13.2 Å². The number of ether oxygens (including phenoxy) is 1. The highest BCUT2D eigenvalue weighted by Crippen LogP contribution is 2.23. The molecule has 1 N–H and O–H groups in total. The van der Waals surface area contributed by atoms with Crippen LogP contribution in [0.5, 0.6) is 5.75 Å². The van der Waals surface area contributed by atoms with Crippen molar-refractivity contribution >= 4 is 15.7 Å². The molecule has 8 heteroatoms. The van der Waals surface area contributed by atoms with Gasteiger partial charge in [0, 0.05) is 31.6 Å². The van der Waals surface area contributed by atoms with Crippen LogP contribution in [-0.2, 0) is 21.7 Å². The number of carbonyl (C=O) groups excluding carboxylic acids is 1. The predicted molar refractivity (Wildman–Crippen MR) is 86.9 cm³/mol. The molecule has 0 radical (unpaired) electrons. The second-order valence-corrected chi connectivity index (χ2v) is 7.46. The first-order chi connectivity index (χ1) is 10.8. The Morgan fingerprint density at radius 2 is 2.13 bits per heavy atom. The Hall–Kier alpha value is -2.35. The van der Waals surface area contributed by atoms with Crippen molar-refractivity contribution in [2.75, 3.05) is 25.2 Å². The number of nitrogens with one attached hydrogen (secondary N) is 1. The molecule has 2 rings (SSSR count). The van der Waals surface area contributed by atoms with Gasteiger partial charge in [0.25, 0.3) is 5.91 Å². The van der Waals surface area contributed by atoms with Crippen molar-refractivity contribution in [3.63, 3.8) is 0 Å². The molecule has 0 bridgehead atoms. The van der Waals surface area contributed by atoms with Crippen LogP contribution in [0.3, 0.4) is 0 Å². The van der Waals surface area contributed by atoms with Gasteiger partial charge in [-0.2, -0.15) is 5.10 Å². The Kier molecular flexibility index (Phi) is 5.38. The molecule has 2 aromatic rings. The Bertz CT molecular complexity index is 784. The predicted octanol–water partition coefficient (Wildman–Crippen LogP) is 0.627. The molecule has 1 aromatic carbocycles. The van der Waals surface area contributed by atoms with Gasteiger partial charge in [-0.15, -0.1) is 0 Å². The summed E-state index contributed by atoms with van der Waals surface area (Å²) in [5.74, 6) is 0.111. The van der Waals surface area contributed by atoms with E-state index in [1.165, 1.54) is 0 Å². The molecule has 1 aromatic heterocycles. The fraction of sp³-hybridized carbons (Fsp3) is 0.333. The van der Waals surface area contributed by atoms with Crippen molar-refractivity contribution in [3.05, 3.63) is 36.7 Å². The first kappa shape index (κ1) is 17.0. The molecule has 0 fully saturated rings. The third kappa shape index (κ3) is 5.74. The van der Waals surface area contributed by atoms with Crippen molar-refractivity contribution in [2.45, 2.75) is 0 Å². The maximum atomic E-state index is 11.6. The molecule has 0 spiro atoms. The number of benzene rings is 1. The van der Waals surface area contributed by atoms with Gasteiger partial charge in [-0.3, -0.25) is 9.48 Å². The quantitative estimate of drug-likeness (QED) is 0.800. The highest BCUT2D eigenvalue weighted by Gasteiger charge is 2.07. The van der Waals surface area contributed by atoms with Crippen LogP contribution in [0.15, 0.2) is 36.7 Å². The van der Waals surface area contributed by atoms with E-state index in [2.05, 4.69) is 10.4 Å². The zero-order valence-corrected chi connectivity index (χ0v) is 13.8. The average molecular weight is 337 g/mol. The summed E-state index contributed by atoms with van der Waals surface area (Å²) in [6.45, 7) is -0.0863. The van der Waals surface area contributed by atoms with Gasteiger partial charge in [-0.25, -0.2) is 8.42 Å². The summed E-state index contributed by atoms with van der Waals surface area (Å²) in [6.07, 6.45) is 4.76. The average Bonchev–Trinajstić information content (AvgIpc) is 2.91. The molecule has 124 valence electrons. The Morgan fingerprint density at radius 1 is 1.35 bits per heavy atom. The second-order valence-electron chi connectivity index (χ2n) is 5.20. The molecule has 0 saturated heterocycles. The molecular formula is C15H19N3O4S. The maximum Gasteiger partial charge on any atom is 0.257 e.